The van der Waals surface area contributed by atoms with Gasteiger partial charge in [-0.2, -0.15) is 0 Å². The highest BCUT2D eigenvalue weighted by atomic mass is 35.5. The number of thioether (sulfide) groups is 1. The molecule has 0 saturated carbocycles. The van der Waals surface area contributed by atoms with Crippen molar-refractivity contribution in [2.45, 2.75) is 25.2 Å². The van der Waals surface area contributed by atoms with Gasteiger partial charge in [0.05, 0.1) is 0 Å². The summed E-state index contributed by atoms with van der Waals surface area (Å²) in [5.74, 6) is 1.80. The number of hydrogen-bond acceptors (Lipinski definition) is 2. The summed E-state index contributed by atoms with van der Waals surface area (Å²) in [6.07, 6.45) is 1.15. The van der Waals surface area contributed by atoms with E-state index in [1.165, 1.54) is 0 Å². The Balaban J connectivity index is 2.18. The Kier molecular flexibility index (Phi) is 7.36. The van der Waals surface area contributed by atoms with Gasteiger partial charge in [-0.3, -0.25) is 0 Å². The highest BCUT2D eigenvalue weighted by molar-refractivity contribution is 7.99. The summed E-state index contributed by atoms with van der Waals surface area (Å²) < 4.78 is 0. The quantitative estimate of drug-likeness (QED) is 0.576. The Morgan fingerprint density at radius 2 is 1.82 bits per heavy atom. The zero-order valence-corrected chi connectivity index (χ0v) is 12.6. The standard InChI is InChI=1S/C13H19Cl2NS/c1-10(2)9-16-4-3-5-17-13-7-11(14)6-12(15)8-13/h6-8,10,16H,3-5,9H2,1-2H3. The Labute approximate surface area is 118 Å². The van der Waals surface area contributed by atoms with Gasteiger partial charge in [-0.15, -0.1) is 11.8 Å². The third-order valence-electron chi connectivity index (χ3n) is 2.16. The first-order valence-corrected chi connectivity index (χ1v) is 7.61. The molecule has 0 aromatic heterocycles. The van der Waals surface area contributed by atoms with Crippen LogP contribution in [0, 0.1) is 5.92 Å². The zero-order valence-electron chi connectivity index (χ0n) is 10.3. The molecule has 1 aromatic carbocycles. The van der Waals surface area contributed by atoms with Gasteiger partial charge in [0.25, 0.3) is 0 Å². The van der Waals surface area contributed by atoms with Crippen LogP contribution in [0.4, 0.5) is 0 Å². The van der Waals surface area contributed by atoms with Crippen molar-refractivity contribution in [1.29, 1.82) is 0 Å². The highest BCUT2D eigenvalue weighted by Gasteiger charge is 1.99. The van der Waals surface area contributed by atoms with Crippen LogP contribution in [0.5, 0.6) is 0 Å². The molecule has 1 nitrogen and oxygen atoms in total. The largest absolute Gasteiger partial charge is 0.316 e. The number of halogens is 2. The van der Waals surface area contributed by atoms with Gasteiger partial charge in [0, 0.05) is 14.9 Å². The van der Waals surface area contributed by atoms with Crippen molar-refractivity contribution in [1.82, 2.24) is 5.32 Å². The van der Waals surface area contributed by atoms with Gasteiger partial charge in [-0.05, 0) is 49.4 Å². The van der Waals surface area contributed by atoms with Gasteiger partial charge in [0.1, 0.15) is 0 Å². The summed E-state index contributed by atoms with van der Waals surface area (Å²) in [4.78, 5) is 1.14. The molecule has 1 aromatic rings. The molecule has 0 spiro atoms. The fourth-order valence-electron chi connectivity index (χ4n) is 1.39. The molecule has 0 unspecified atom stereocenters. The molecular weight excluding hydrogens is 273 g/mol. The Morgan fingerprint density at radius 3 is 2.41 bits per heavy atom. The summed E-state index contributed by atoms with van der Waals surface area (Å²) in [5.41, 5.74) is 0. The van der Waals surface area contributed by atoms with Gasteiger partial charge < -0.3 is 5.32 Å². The maximum Gasteiger partial charge on any atom is 0.0431 e. The van der Waals surface area contributed by atoms with E-state index in [4.69, 9.17) is 23.2 Å². The molecule has 0 aliphatic carbocycles. The molecule has 0 fully saturated rings. The van der Waals surface area contributed by atoms with E-state index < -0.39 is 0 Å². The molecule has 0 saturated heterocycles. The monoisotopic (exact) mass is 291 g/mol. The minimum absolute atomic E-state index is 0.706. The molecule has 0 radical (unpaired) electrons. The Hall–Kier alpha value is 0.110. The molecule has 0 aliphatic heterocycles. The molecule has 0 atom stereocenters. The predicted octanol–water partition coefficient (Wildman–Crippen LogP) is 4.72. The third-order valence-corrected chi connectivity index (χ3v) is 3.65. The first kappa shape index (κ1) is 15.2. The van der Waals surface area contributed by atoms with Crippen LogP contribution >= 0.6 is 35.0 Å². The summed E-state index contributed by atoms with van der Waals surface area (Å²) in [5, 5.41) is 4.84. The van der Waals surface area contributed by atoms with E-state index >= 15 is 0 Å². The van der Waals surface area contributed by atoms with Crippen LogP contribution in [-0.4, -0.2) is 18.8 Å². The molecule has 0 aliphatic rings. The maximum atomic E-state index is 5.94. The van der Waals surface area contributed by atoms with E-state index in [1.54, 1.807) is 17.8 Å². The Bertz CT molecular complexity index is 322. The number of rotatable bonds is 7. The van der Waals surface area contributed by atoms with Crippen LogP contribution in [0.15, 0.2) is 23.1 Å². The number of hydrogen-bond donors (Lipinski definition) is 1. The Morgan fingerprint density at radius 1 is 1.18 bits per heavy atom. The minimum Gasteiger partial charge on any atom is -0.316 e. The maximum absolute atomic E-state index is 5.94. The van der Waals surface area contributed by atoms with E-state index in [1.807, 2.05) is 12.1 Å². The van der Waals surface area contributed by atoms with E-state index in [0.29, 0.717) is 10.0 Å². The fourth-order valence-corrected chi connectivity index (χ4v) is 2.99. The molecule has 0 amide bonds. The van der Waals surface area contributed by atoms with Crippen LogP contribution in [0.25, 0.3) is 0 Å². The van der Waals surface area contributed by atoms with E-state index in [0.717, 1.165) is 36.1 Å². The smallest absolute Gasteiger partial charge is 0.0431 e. The summed E-state index contributed by atoms with van der Waals surface area (Å²) >= 11 is 13.7. The molecule has 1 rings (SSSR count). The summed E-state index contributed by atoms with van der Waals surface area (Å²) in [7, 11) is 0. The second-order valence-electron chi connectivity index (χ2n) is 4.41. The lowest BCUT2D eigenvalue weighted by Gasteiger charge is -2.07. The van der Waals surface area contributed by atoms with Crippen molar-refractivity contribution in [2.75, 3.05) is 18.8 Å². The van der Waals surface area contributed by atoms with Crippen LogP contribution < -0.4 is 5.32 Å². The topological polar surface area (TPSA) is 12.0 Å². The summed E-state index contributed by atoms with van der Waals surface area (Å²) in [6, 6.07) is 5.68. The van der Waals surface area contributed by atoms with E-state index in [9.17, 15) is 0 Å². The number of benzene rings is 1. The highest BCUT2D eigenvalue weighted by Crippen LogP contribution is 2.26. The average molecular weight is 292 g/mol. The van der Waals surface area contributed by atoms with Crippen LogP contribution in [0.3, 0.4) is 0 Å². The van der Waals surface area contributed by atoms with Gasteiger partial charge in [-0.25, -0.2) is 0 Å². The fraction of sp³-hybridized carbons (Fsp3) is 0.538. The van der Waals surface area contributed by atoms with E-state index in [-0.39, 0.29) is 0 Å². The molecule has 96 valence electrons. The second kappa shape index (κ2) is 8.25. The lowest BCUT2D eigenvalue weighted by atomic mass is 10.2. The van der Waals surface area contributed by atoms with Crippen molar-refractivity contribution < 1.29 is 0 Å². The van der Waals surface area contributed by atoms with Crippen molar-refractivity contribution in [3.63, 3.8) is 0 Å². The van der Waals surface area contributed by atoms with Crippen LogP contribution in [0.2, 0.25) is 10.0 Å². The predicted molar refractivity (Wildman–Crippen MR) is 79.5 cm³/mol. The molecule has 0 bridgehead atoms. The van der Waals surface area contributed by atoms with Crippen molar-refractivity contribution in [2.24, 2.45) is 5.92 Å². The van der Waals surface area contributed by atoms with Gasteiger partial charge >= 0.3 is 0 Å². The van der Waals surface area contributed by atoms with Crippen molar-refractivity contribution in [3.05, 3.63) is 28.2 Å². The van der Waals surface area contributed by atoms with E-state index in [2.05, 4.69) is 19.2 Å². The molecule has 1 N–H and O–H groups in total. The van der Waals surface area contributed by atoms with Gasteiger partial charge in [-0.1, -0.05) is 37.0 Å². The zero-order chi connectivity index (χ0) is 12.7. The van der Waals surface area contributed by atoms with Crippen LogP contribution in [-0.2, 0) is 0 Å². The minimum atomic E-state index is 0.706. The van der Waals surface area contributed by atoms with Crippen molar-refractivity contribution in [3.8, 4) is 0 Å². The van der Waals surface area contributed by atoms with Crippen LogP contribution in [0.1, 0.15) is 20.3 Å². The van der Waals surface area contributed by atoms with Gasteiger partial charge in [0.2, 0.25) is 0 Å². The third kappa shape index (κ3) is 7.20. The lowest BCUT2D eigenvalue weighted by Crippen LogP contribution is -2.21. The molecule has 0 heterocycles. The first-order chi connectivity index (χ1) is 8.08. The number of nitrogens with one attached hydrogen (secondary N) is 1. The van der Waals surface area contributed by atoms with Gasteiger partial charge in [0.15, 0.2) is 0 Å². The molecular formula is C13H19Cl2NS. The summed E-state index contributed by atoms with van der Waals surface area (Å²) in [6.45, 7) is 6.60. The van der Waals surface area contributed by atoms with Crippen molar-refractivity contribution >= 4 is 35.0 Å². The SMILES string of the molecule is CC(C)CNCCCSc1cc(Cl)cc(Cl)c1. The normalized spacial score (nSPS) is 11.1. The average Bonchev–Trinajstić information content (AvgIpc) is 2.21. The molecule has 17 heavy (non-hydrogen) atoms. The molecule has 4 heteroatoms. The lowest BCUT2D eigenvalue weighted by molar-refractivity contribution is 0.552. The first-order valence-electron chi connectivity index (χ1n) is 5.87. The second-order valence-corrected chi connectivity index (χ2v) is 6.45.